The molecule has 1 aromatic rings. The number of anilines is 1. The van der Waals surface area contributed by atoms with Crippen molar-refractivity contribution in [3.63, 3.8) is 0 Å². The molecule has 0 spiro atoms. The Kier molecular flexibility index (Phi) is 4.50. The molecule has 1 heterocycles. The molecule has 0 saturated carbocycles. The Morgan fingerprint density at radius 3 is 2.95 bits per heavy atom. The number of carbonyl (C=O) groups excluding carboxylic acids is 1. The van der Waals surface area contributed by atoms with Crippen LogP contribution in [0.25, 0.3) is 0 Å². The number of hydrogen-bond acceptors (Lipinski definition) is 4. The summed E-state index contributed by atoms with van der Waals surface area (Å²) >= 11 is 0. The van der Waals surface area contributed by atoms with Gasteiger partial charge in [0.05, 0.1) is 12.6 Å². The molecule has 0 aromatic heterocycles. The maximum Gasteiger partial charge on any atom is 0.238 e. The van der Waals surface area contributed by atoms with Crippen molar-refractivity contribution < 1.29 is 4.79 Å². The second-order valence-electron chi connectivity index (χ2n) is 4.73. The third kappa shape index (κ3) is 3.78. The van der Waals surface area contributed by atoms with Gasteiger partial charge in [0.15, 0.2) is 0 Å². The first-order valence-electron chi connectivity index (χ1n) is 6.40. The zero-order valence-electron chi connectivity index (χ0n) is 11.0. The van der Waals surface area contributed by atoms with Gasteiger partial charge in [0.2, 0.25) is 5.91 Å². The highest BCUT2D eigenvalue weighted by Gasteiger charge is 2.23. The molecule has 5 heteroatoms. The number of rotatable bonds is 3. The summed E-state index contributed by atoms with van der Waals surface area (Å²) in [5.74, 6) is -0.0778. The van der Waals surface area contributed by atoms with Crippen molar-refractivity contribution in [2.45, 2.75) is 13.0 Å². The van der Waals surface area contributed by atoms with Crippen LogP contribution in [0.2, 0.25) is 0 Å². The number of amides is 1. The van der Waals surface area contributed by atoms with E-state index in [1.54, 1.807) is 0 Å². The largest absolute Gasteiger partial charge is 0.325 e. The Labute approximate surface area is 113 Å². The molecule has 0 aliphatic carbocycles. The van der Waals surface area contributed by atoms with Crippen LogP contribution in [-0.2, 0) is 4.79 Å². The van der Waals surface area contributed by atoms with E-state index in [-0.39, 0.29) is 18.5 Å². The van der Waals surface area contributed by atoms with Gasteiger partial charge in [-0.05, 0) is 19.1 Å². The van der Waals surface area contributed by atoms with Gasteiger partial charge in [-0.2, -0.15) is 5.26 Å². The van der Waals surface area contributed by atoms with Gasteiger partial charge in [-0.1, -0.05) is 17.7 Å². The molecule has 0 radical (unpaired) electrons. The lowest BCUT2D eigenvalue weighted by molar-refractivity contribution is -0.117. The van der Waals surface area contributed by atoms with E-state index in [1.165, 1.54) is 0 Å². The minimum absolute atomic E-state index is 0.0778. The van der Waals surface area contributed by atoms with Crippen molar-refractivity contribution >= 4 is 11.6 Å². The Bertz CT molecular complexity index is 477. The number of aryl methyl sites for hydroxylation is 1. The molecule has 1 aliphatic rings. The molecule has 1 aliphatic heterocycles. The maximum absolute atomic E-state index is 11.9. The summed E-state index contributed by atoms with van der Waals surface area (Å²) in [7, 11) is 0. The maximum atomic E-state index is 11.9. The van der Waals surface area contributed by atoms with Crippen LogP contribution < -0.4 is 10.6 Å². The number of nitrogens with zero attached hydrogens (tertiary/aromatic N) is 2. The van der Waals surface area contributed by atoms with Gasteiger partial charge >= 0.3 is 0 Å². The molecular formula is C14H18N4O. The fourth-order valence-electron chi connectivity index (χ4n) is 2.08. The lowest BCUT2D eigenvalue weighted by Crippen LogP contribution is -2.52. The predicted molar refractivity (Wildman–Crippen MR) is 73.7 cm³/mol. The number of nitriles is 1. The number of benzene rings is 1. The highest BCUT2D eigenvalue weighted by molar-refractivity contribution is 5.92. The Morgan fingerprint density at radius 2 is 2.26 bits per heavy atom. The first-order chi connectivity index (χ1) is 9.19. The Morgan fingerprint density at radius 1 is 1.53 bits per heavy atom. The van der Waals surface area contributed by atoms with Crippen molar-refractivity contribution in [2.24, 2.45) is 0 Å². The van der Waals surface area contributed by atoms with Crippen molar-refractivity contribution in [2.75, 3.05) is 31.5 Å². The predicted octanol–water partition coefficient (Wildman–Crippen LogP) is 0.731. The van der Waals surface area contributed by atoms with Gasteiger partial charge < -0.3 is 10.6 Å². The number of hydrogen-bond donors (Lipinski definition) is 2. The monoisotopic (exact) mass is 258 g/mol. The van der Waals surface area contributed by atoms with E-state index in [1.807, 2.05) is 36.1 Å². The summed E-state index contributed by atoms with van der Waals surface area (Å²) in [6.45, 7) is 4.42. The first-order valence-corrected chi connectivity index (χ1v) is 6.40. The molecule has 1 aromatic carbocycles. The van der Waals surface area contributed by atoms with Crippen LogP contribution in [0.15, 0.2) is 24.3 Å². The van der Waals surface area contributed by atoms with Crippen molar-refractivity contribution in [1.29, 1.82) is 5.26 Å². The zero-order valence-corrected chi connectivity index (χ0v) is 11.0. The molecule has 1 saturated heterocycles. The van der Waals surface area contributed by atoms with E-state index in [4.69, 9.17) is 5.26 Å². The van der Waals surface area contributed by atoms with Gasteiger partial charge in [-0.15, -0.1) is 0 Å². The molecule has 1 unspecified atom stereocenters. The van der Waals surface area contributed by atoms with E-state index in [9.17, 15) is 4.79 Å². The van der Waals surface area contributed by atoms with Crippen LogP contribution in [0, 0.1) is 18.3 Å². The summed E-state index contributed by atoms with van der Waals surface area (Å²) in [6, 6.07) is 9.67. The molecule has 2 rings (SSSR count). The van der Waals surface area contributed by atoms with Gasteiger partial charge in [-0.3, -0.25) is 9.69 Å². The van der Waals surface area contributed by atoms with Crippen LogP contribution in [0.3, 0.4) is 0 Å². The molecular weight excluding hydrogens is 240 g/mol. The van der Waals surface area contributed by atoms with Crippen LogP contribution in [0.1, 0.15) is 5.56 Å². The van der Waals surface area contributed by atoms with Crippen molar-refractivity contribution in [3.8, 4) is 6.07 Å². The van der Waals surface area contributed by atoms with Gasteiger partial charge in [0.25, 0.3) is 0 Å². The Hall–Kier alpha value is -1.90. The normalized spacial score (nSPS) is 19.7. The van der Waals surface area contributed by atoms with Crippen LogP contribution in [0.5, 0.6) is 0 Å². The third-order valence-electron chi connectivity index (χ3n) is 3.19. The lowest BCUT2D eigenvalue weighted by Gasteiger charge is -2.31. The van der Waals surface area contributed by atoms with E-state index < -0.39 is 0 Å². The summed E-state index contributed by atoms with van der Waals surface area (Å²) in [6.07, 6.45) is 0. The topological polar surface area (TPSA) is 68.2 Å². The van der Waals surface area contributed by atoms with E-state index in [2.05, 4.69) is 16.7 Å². The highest BCUT2D eigenvalue weighted by Crippen LogP contribution is 2.09. The minimum Gasteiger partial charge on any atom is -0.325 e. The molecule has 1 fully saturated rings. The lowest BCUT2D eigenvalue weighted by atomic mass is 10.2. The molecule has 1 amide bonds. The average Bonchev–Trinajstić information content (AvgIpc) is 2.42. The summed E-state index contributed by atoms with van der Waals surface area (Å²) in [5.41, 5.74) is 1.95. The van der Waals surface area contributed by atoms with Crippen molar-refractivity contribution in [3.05, 3.63) is 29.8 Å². The summed E-state index contributed by atoms with van der Waals surface area (Å²) in [5, 5.41) is 15.0. The second-order valence-corrected chi connectivity index (χ2v) is 4.73. The van der Waals surface area contributed by atoms with Gasteiger partial charge in [0.1, 0.15) is 6.04 Å². The van der Waals surface area contributed by atoms with Crippen LogP contribution >= 0.6 is 0 Å². The fourth-order valence-corrected chi connectivity index (χ4v) is 2.08. The van der Waals surface area contributed by atoms with Crippen molar-refractivity contribution in [1.82, 2.24) is 10.2 Å². The molecule has 1 atom stereocenters. The molecule has 2 N–H and O–H groups in total. The van der Waals surface area contributed by atoms with Gasteiger partial charge in [0, 0.05) is 25.3 Å². The summed E-state index contributed by atoms with van der Waals surface area (Å²) in [4.78, 5) is 13.8. The average molecular weight is 258 g/mol. The number of nitrogens with one attached hydrogen (secondary N) is 2. The third-order valence-corrected chi connectivity index (χ3v) is 3.19. The smallest absolute Gasteiger partial charge is 0.238 e. The van der Waals surface area contributed by atoms with E-state index >= 15 is 0 Å². The fraction of sp³-hybridized carbons (Fsp3) is 0.429. The molecule has 100 valence electrons. The molecule has 5 nitrogen and oxygen atoms in total. The van der Waals surface area contributed by atoms with E-state index in [0.717, 1.165) is 24.3 Å². The zero-order chi connectivity index (χ0) is 13.7. The molecule has 19 heavy (non-hydrogen) atoms. The standard InChI is InChI=1S/C14H18N4O/c1-11-2-4-12(5-3-11)17-14(19)10-18-7-6-16-9-13(18)8-15/h2-5,13,16H,6-7,9-10H2,1H3,(H,17,19). The number of carbonyl (C=O) groups is 1. The highest BCUT2D eigenvalue weighted by atomic mass is 16.2. The van der Waals surface area contributed by atoms with Gasteiger partial charge in [-0.25, -0.2) is 0 Å². The number of piperazine rings is 1. The SMILES string of the molecule is Cc1ccc(NC(=O)CN2CCNCC2C#N)cc1. The first kappa shape index (κ1) is 13.5. The molecule has 0 bridgehead atoms. The second kappa shape index (κ2) is 6.32. The van der Waals surface area contributed by atoms with Crippen LogP contribution in [-0.4, -0.2) is 43.0 Å². The Balaban J connectivity index is 1.90. The van der Waals surface area contributed by atoms with E-state index in [0.29, 0.717) is 6.54 Å². The van der Waals surface area contributed by atoms with Crippen LogP contribution in [0.4, 0.5) is 5.69 Å². The minimum atomic E-state index is -0.225. The quantitative estimate of drug-likeness (QED) is 0.838. The summed E-state index contributed by atoms with van der Waals surface area (Å²) < 4.78 is 0.